The molecule has 4 rings (SSSR count). The topological polar surface area (TPSA) is 141 Å². The van der Waals surface area contributed by atoms with E-state index in [9.17, 15) is 14.4 Å². The molecule has 12 heteroatoms. The minimum absolute atomic E-state index is 0.162. The Hall–Kier alpha value is -5.13. The van der Waals surface area contributed by atoms with Crippen LogP contribution in [0.5, 0.6) is 11.5 Å². The Labute approximate surface area is 269 Å². The quantitative estimate of drug-likeness (QED) is 0.131. The lowest BCUT2D eigenvalue weighted by Crippen LogP contribution is -2.27. The minimum Gasteiger partial charge on any atom is -0.497 e. The summed E-state index contributed by atoms with van der Waals surface area (Å²) in [6.07, 6.45) is 4.89. The molecule has 0 radical (unpaired) electrons. The van der Waals surface area contributed by atoms with E-state index in [1.54, 1.807) is 31.0 Å². The van der Waals surface area contributed by atoms with Crippen LogP contribution in [-0.4, -0.2) is 58.0 Å². The number of rotatable bonds is 17. The maximum atomic E-state index is 13.7. The van der Waals surface area contributed by atoms with Crippen LogP contribution >= 0.6 is 0 Å². The third-order valence-corrected chi connectivity index (χ3v) is 7.34. The molecule has 0 aliphatic carbocycles. The highest BCUT2D eigenvalue weighted by atomic mass is 16.5. The van der Waals surface area contributed by atoms with Crippen molar-refractivity contribution in [3.8, 4) is 11.5 Å². The number of amides is 3. The van der Waals surface area contributed by atoms with Gasteiger partial charge in [0.1, 0.15) is 22.9 Å². The summed E-state index contributed by atoms with van der Waals surface area (Å²) >= 11 is 0. The predicted octanol–water partition coefficient (Wildman–Crippen LogP) is 5.49. The van der Waals surface area contributed by atoms with E-state index in [-0.39, 0.29) is 35.7 Å². The molecule has 2 aromatic heterocycles. The van der Waals surface area contributed by atoms with Crippen molar-refractivity contribution >= 4 is 29.4 Å². The van der Waals surface area contributed by atoms with E-state index >= 15 is 0 Å². The molecule has 12 nitrogen and oxygen atoms in total. The van der Waals surface area contributed by atoms with Gasteiger partial charge < -0.3 is 25.4 Å². The first kappa shape index (κ1) is 33.8. The van der Waals surface area contributed by atoms with Gasteiger partial charge in [0.05, 0.1) is 27.3 Å². The predicted molar refractivity (Wildman–Crippen MR) is 177 cm³/mol. The molecule has 0 aliphatic rings. The zero-order chi connectivity index (χ0) is 32.9. The molecule has 3 N–H and O–H groups in total. The second-order valence-electron chi connectivity index (χ2n) is 10.9. The first-order chi connectivity index (χ1) is 22.3. The smallest absolute Gasteiger partial charge is 0.275 e. The summed E-state index contributed by atoms with van der Waals surface area (Å²) in [4.78, 5) is 39.4. The van der Waals surface area contributed by atoms with E-state index < -0.39 is 5.91 Å². The molecule has 0 unspecified atom stereocenters. The van der Waals surface area contributed by atoms with Crippen LogP contribution in [0.25, 0.3) is 0 Å². The van der Waals surface area contributed by atoms with E-state index in [4.69, 9.17) is 9.47 Å². The van der Waals surface area contributed by atoms with Crippen LogP contribution in [0.4, 0.5) is 11.6 Å². The summed E-state index contributed by atoms with van der Waals surface area (Å²) in [5, 5.41) is 17.7. The number of aromatic nitrogens is 4. The highest BCUT2D eigenvalue weighted by Gasteiger charge is 2.21. The summed E-state index contributed by atoms with van der Waals surface area (Å²) in [6.45, 7) is 5.24. The van der Waals surface area contributed by atoms with Gasteiger partial charge in [-0.3, -0.25) is 23.7 Å². The Kier molecular flexibility index (Phi) is 12.3. The van der Waals surface area contributed by atoms with Crippen molar-refractivity contribution in [3.05, 3.63) is 83.2 Å². The third kappa shape index (κ3) is 9.43. The molecule has 0 atom stereocenters. The van der Waals surface area contributed by atoms with Crippen LogP contribution in [0.3, 0.4) is 0 Å². The third-order valence-electron chi connectivity index (χ3n) is 7.34. The van der Waals surface area contributed by atoms with Crippen LogP contribution in [0.15, 0.2) is 60.7 Å². The number of unbranched alkanes of at least 4 members (excludes halogenated alkanes) is 3. The van der Waals surface area contributed by atoms with Gasteiger partial charge in [-0.15, -0.1) is 0 Å². The Bertz CT molecular complexity index is 1590. The van der Waals surface area contributed by atoms with Gasteiger partial charge in [0, 0.05) is 25.1 Å². The molecular weight excluding hydrogens is 586 g/mol. The lowest BCUT2D eigenvalue weighted by atomic mass is 10.2. The van der Waals surface area contributed by atoms with Crippen LogP contribution < -0.4 is 25.4 Å². The number of nitrogens with zero attached hydrogens (tertiary/aromatic N) is 4. The summed E-state index contributed by atoms with van der Waals surface area (Å²) in [7, 11) is 3.20. The molecule has 0 saturated heterocycles. The molecule has 0 saturated carbocycles. The Morgan fingerprint density at radius 3 is 1.67 bits per heavy atom. The van der Waals surface area contributed by atoms with Crippen LogP contribution in [0, 0.1) is 0 Å². The second-order valence-corrected chi connectivity index (χ2v) is 10.9. The van der Waals surface area contributed by atoms with Crippen molar-refractivity contribution < 1.29 is 23.9 Å². The molecule has 0 fully saturated rings. The number of anilines is 2. The first-order valence-electron chi connectivity index (χ1n) is 15.6. The SMILES string of the molecule is CCCCCC(=O)Nc1cc(C(=O)Nc2cc(C(=O)NCCCC)n(Cc3ccc(OC)cc3)n2)n(Cc2ccc(OC)cc2)n1. The van der Waals surface area contributed by atoms with Gasteiger partial charge >= 0.3 is 0 Å². The van der Waals surface area contributed by atoms with Gasteiger partial charge in [0.25, 0.3) is 11.8 Å². The molecule has 0 aliphatic heterocycles. The van der Waals surface area contributed by atoms with E-state index in [2.05, 4.69) is 40.0 Å². The van der Waals surface area contributed by atoms with Gasteiger partial charge in [-0.1, -0.05) is 57.4 Å². The van der Waals surface area contributed by atoms with Crippen LogP contribution in [-0.2, 0) is 17.9 Å². The first-order valence-corrected chi connectivity index (χ1v) is 15.6. The monoisotopic (exact) mass is 629 g/mol. The summed E-state index contributed by atoms with van der Waals surface area (Å²) in [5.74, 6) is 0.986. The fraction of sp³-hybridized carbons (Fsp3) is 0.382. The molecular formula is C34H43N7O5. The van der Waals surface area contributed by atoms with E-state index in [1.165, 1.54) is 4.68 Å². The molecule has 0 spiro atoms. The molecule has 0 bridgehead atoms. The fourth-order valence-electron chi connectivity index (χ4n) is 4.76. The van der Waals surface area contributed by atoms with Gasteiger partial charge in [-0.2, -0.15) is 10.2 Å². The van der Waals surface area contributed by atoms with Crippen molar-refractivity contribution in [2.24, 2.45) is 0 Å². The zero-order valence-electron chi connectivity index (χ0n) is 27.0. The van der Waals surface area contributed by atoms with Crippen LogP contribution in [0.2, 0.25) is 0 Å². The lowest BCUT2D eigenvalue weighted by molar-refractivity contribution is -0.116. The summed E-state index contributed by atoms with van der Waals surface area (Å²) in [5.41, 5.74) is 2.32. The zero-order valence-corrected chi connectivity index (χ0v) is 27.0. The number of carbonyl (C=O) groups is 3. The number of hydrogen-bond acceptors (Lipinski definition) is 7. The van der Waals surface area contributed by atoms with Gasteiger partial charge in [-0.25, -0.2) is 0 Å². The maximum Gasteiger partial charge on any atom is 0.275 e. The second kappa shape index (κ2) is 16.8. The largest absolute Gasteiger partial charge is 0.497 e. The average Bonchev–Trinajstić information content (AvgIpc) is 3.65. The molecule has 244 valence electrons. The minimum atomic E-state index is -0.487. The van der Waals surface area contributed by atoms with Crippen molar-refractivity contribution in [2.75, 3.05) is 31.4 Å². The van der Waals surface area contributed by atoms with E-state index in [1.807, 2.05) is 48.5 Å². The number of carbonyl (C=O) groups excluding carboxylic acids is 3. The molecule has 4 aromatic rings. The maximum absolute atomic E-state index is 13.7. The number of nitrogens with one attached hydrogen (secondary N) is 3. The van der Waals surface area contributed by atoms with Gasteiger partial charge in [0.2, 0.25) is 5.91 Å². The molecule has 3 amide bonds. The highest BCUT2D eigenvalue weighted by Crippen LogP contribution is 2.19. The normalized spacial score (nSPS) is 10.8. The highest BCUT2D eigenvalue weighted by molar-refractivity contribution is 6.04. The number of ether oxygens (including phenoxy) is 2. The van der Waals surface area contributed by atoms with Gasteiger partial charge in [0.15, 0.2) is 11.6 Å². The fourth-order valence-corrected chi connectivity index (χ4v) is 4.76. The lowest BCUT2D eigenvalue weighted by Gasteiger charge is -2.09. The van der Waals surface area contributed by atoms with Crippen molar-refractivity contribution in [1.29, 1.82) is 0 Å². The van der Waals surface area contributed by atoms with E-state index in [0.717, 1.165) is 49.0 Å². The molecule has 2 heterocycles. The van der Waals surface area contributed by atoms with Crippen molar-refractivity contribution in [3.63, 3.8) is 0 Å². The van der Waals surface area contributed by atoms with E-state index in [0.29, 0.717) is 31.0 Å². The van der Waals surface area contributed by atoms with Crippen molar-refractivity contribution in [2.45, 2.75) is 65.5 Å². The number of benzene rings is 2. The van der Waals surface area contributed by atoms with Crippen LogP contribution in [0.1, 0.15) is 84.5 Å². The molecule has 46 heavy (non-hydrogen) atoms. The Morgan fingerprint density at radius 2 is 1.17 bits per heavy atom. The Morgan fingerprint density at radius 1 is 0.674 bits per heavy atom. The Balaban J connectivity index is 1.59. The summed E-state index contributed by atoms with van der Waals surface area (Å²) < 4.78 is 13.6. The average molecular weight is 630 g/mol. The number of hydrogen-bond donors (Lipinski definition) is 3. The number of methoxy groups -OCH3 is 2. The van der Waals surface area contributed by atoms with Gasteiger partial charge in [-0.05, 0) is 48.2 Å². The standard InChI is InChI=1S/C34H43N7O5/c1-5-7-9-10-32(42)36-30-21-29(41(38-30)23-25-13-17-27(46-4)18-14-25)34(44)37-31-20-28(33(43)35-19-8-6-2)40(39-31)22-24-11-15-26(45-3)16-12-24/h11-18,20-21H,5-10,19,22-23H2,1-4H3,(H,35,43)(H,36,38,42)(H,37,39,44). The van der Waals surface area contributed by atoms with Crippen molar-refractivity contribution in [1.82, 2.24) is 24.9 Å². The summed E-state index contributed by atoms with van der Waals surface area (Å²) in [6, 6.07) is 18.0. The molecule has 2 aromatic carbocycles.